The van der Waals surface area contributed by atoms with Crippen LogP contribution in [0.2, 0.25) is 5.02 Å². The number of piperidine rings is 1. The minimum Gasteiger partial charge on any atom is -0.391 e. The molecule has 2 aromatic heterocycles. The summed E-state index contributed by atoms with van der Waals surface area (Å²) < 4.78 is 46.9. The van der Waals surface area contributed by atoms with Gasteiger partial charge in [0.15, 0.2) is 5.82 Å². The fourth-order valence-electron chi connectivity index (χ4n) is 4.33. The molecule has 0 unspecified atom stereocenters. The zero-order chi connectivity index (χ0) is 26.2. The van der Waals surface area contributed by atoms with Gasteiger partial charge in [-0.2, -0.15) is 4.31 Å². The number of fused-ring (bicyclic) bond motifs is 1. The van der Waals surface area contributed by atoms with Crippen molar-refractivity contribution in [2.24, 2.45) is 10.9 Å². The van der Waals surface area contributed by atoms with E-state index in [0.29, 0.717) is 29.0 Å². The van der Waals surface area contributed by atoms with Crippen molar-refractivity contribution in [2.45, 2.75) is 39.0 Å². The highest BCUT2D eigenvalue weighted by molar-refractivity contribution is 7.88. The molecule has 3 heterocycles. The first-order chi connectivity index (χ1) is 17.0. The number of β-amino-alcohol motifs (C(OH)–C–C–N with tert-alkyl or cyclic N) is 1. The van der Waals surface area contributed by atoms with E-state index in [-0.39, 0.29) is 48.1 Å². The summed E-state index contributed by atoms with van der Waals surface area (Å²) in [6.07, 6.45) is 3.52. The molecule has 0 amide bonds. The Morgan fingerprint density at radius 3 is 2.75 bits per heavy atom. The highest BCUT2D eigenvalue weighted by atomic mass is 35.5. The van der Waals surface area contributed by atoms with Crippen molar-refractivity contribution in [3.8, 4) is 11.3 Å². The van der Waals surface area contributed by atoms with Crippen LogP contribution in [0.5, 0.6) is 0 Å². The zero-order valence-electron chi connectivity index (χ0n) is 20.4. The van der Waals surface area contributed by atoms with Crippen molar-refractivity contribution in [1.82, 2.24) is 23.8 Å². The Kier molecular flexibility index (Phi) is 7.72. The van der Waals surface area contributed by atoms with E-state index in [9.17, 15) is 13.5 Å². The van der Waals surface area contributed by atoms with Crippen molar-refractivity contribution in [3.63, 3.8) is 0 Å². The van der Waals surface area contributed by atoms with E-state index in [0.717, 1.165) is 6.26 Å². The van der Waals surface area contributed by atoms with E-state index in [1.54, 1.807) is 13.2 Å². The third-order valence-electron chi connectivity index (χ3n) is 6.06. The normalized spacial score (nSPS) is 19.7. The third-order valence-corrected chi connectivity index (χ3v) is 7.61. The predicted molar refractivity (Wildman–Crippen MR) is 136 cm³/mol. The molecule has 3 aromatic rings. The van der Waals surface area contributed by atoms with Crippen molar-refractivity contribution < 1.29 is 22.7 Å². The van der Waals surface area contributed by atoms with Gasteiger partial charge < -0.3 is 14.4 Å². The monoisotopic (exact) mass is 538 g/mol. The first-order valence-electron chi connectivity index (χ1n) is 11.4. The van der Waals surface area contributed by atoms with Crippen LogP contribution < -0.4 is 0 Å². The number of aliphatic hydroxyl groups is 1. The minimum absolute atomic E-state index is 0.00384. The number of benzene rings is 1. The fourth-order valence-corrected chi connectivity index (χ4v) is 5.39. The molecule has 1 fully saturated rings. The molecule has 1 N–H and O–H groups in total. The van der Waals surface area contributed by atoms with Crippen LogP contribution in [0.3, 0.4) is 0 Å². The number of ether oxygens (including phenoxy) is 1. The third kappa shape index (κ3) is 5.42. The molecule has 1 aliphatic rings. The number of imidazole rings is 1. The molecule has 1 saturated heterocycles. The zero-order valence-corrected chi connectivity index (χ0v) is 22.0. The standard InChI is InChI=1S/C23H28ClFN6O4S/c1-13(2)31-18-8-15(7-17(25)22(18)28-20(31)12-35-3)21-16(24)10-27-23(29-21)26-9-14-5-6-30(11-19(14)32)36(4,33)34/h7-10,13-14,19,32H,5-6,11-12H2,1-4H3/t14-,19+/m0/s1. The lowest BCUT2D eigenvalue weighted by atomic mass is 9.96. The Bertz CT molecular complexity index is 1410. The summed E-state index contributed by atoms with van der Waals surface area (Å²) in [6.45, 7) is 4.47. The summed E-state index contributed by atoms with van der Waals surface area (Å²) in [5.74, 6) is -0.179. The Hall–Kier alpha value is -2.51. The maximum atomic E-state index is 15.1. The van der Waals surface area contributed by atoms with Crippen molar-refractivity contribution in [1.29, 1.82) is 0 Å². The van der Waals surface area contributed by atoms with Gasteiger partial charge in [-0.25, -0.2) is 32.8 Å². The number of nitrogens with zero attached hydrogens (tertiary/aromatic N) is 6. The summed E-state index contributed by atoms with van der Waals surface area (Å²) in [7, 11) is -1.82. The molecule has 36 heavy (non-hydrogen) atoms. The minimum atomic E-state index is -3.37. The molecule has 10 nitrogen and oxygen atoms in total. The fraction of sp³-hybridized carbons (Fsp3) is 0.478. The Balaban J connectivity index is 1.66. The van der Waals surface area contributed by atoms with Crippen LogP contribution in [0.25, 0.3) is 22.3 Å². The first kappa shape index (κ1) is 26.6. The second kappa shape index (κ2) is 10.5. The number of halogens is 2. The summed E-state index contributed by atoms with van der Waals surface area (Å²) in [6, 6.07) is 3.11. The van der Waals surface area contributed by atoms with Gasteiger partial charge in [-0.1, -0.05) is 11.6 Å². The highest BCUT2D eigenvalue weighted by Crippen LogP contribution is 2.33. The number of aromatic nitrogens is 4. The van der Waals surface area contributed by atoms with Gasteiger partial charge in [-0.3, -0.25) is 0 Å². The number of hydrogen-bond acceptors (Lipinski definition) is 8. The van der Waals surface area contributed by atoms with Crippen molar-refractivity contribution in [3.05, 3.63) is 35.0 Å². The van der Waals surface area contributed by atoms with Crippen LogP contribution in [-0.2, 0) is 21.4 Å². The summed E-state index contributed by atoms with van der Waals surface area (Å²) in [5, 5.41) is 10.6. The topological polar surface area (TPSA) is 123 Å². The molecular formula is C23H28ClFN6O4S. The number of aliphatic hydroxyl groups excluding tert-OH is 1. The molecule has 1 aliphatic heterocycles. The Labute approximate surface area is 213 Å². The second-order valence-corrected chi connectivity index (χ2v) is 11.4. The second-order valence-electron chi connectivity index (χ2n) is 9.04. The SMILES string of the molecule is COCc1nc2c(F)cc(-c3nc(N=C[C@@H]4CCN(S(C)(=O)=O)C[C@H]4O)ncc3Cl)cc2n1C(C)C. The Morgan fingerprint density at radius 2 is 2.11 bits per heavy atom. The molecule has 0 spiro atoms. The number of rotatable bonds is 7. The molecule has 4 rings (SSSR count). The van der Waals surface area contributed by atoms with Gasteiger partial charge in [0.25, 0.3) is 0 Å². The number of sulfonamides is 1. The lowest BCUT2D eigenvalue weighted by Gasteiger charge is -2.32. The number of methoxy groups -OCH3 is 1. The molecule has 0 aliphatic carbocycles. The number of aliphatic imine (C=N–C) groups is 1. The highest BCUT2D eigenvalue weighted by Gasteiger charge is 2.31. The van der Waals surface area contributed by atoms with E-state index in [1.165, 1.54) is 22.8 Å². The maximum Gasteiger partial charge on any atom is 0.249 e. The van der Waals surface area contributed by atoms with E-state index in [2.05, 4.69) is 19.9 Å². The average Bonchev–Trinajstić information content (AvgIpc) is 3.17. The first-order valence-corrected chi connectivity index (χ1v) is 13.6. The molecule has 1 aromatic carbocycles. The molecule has 0 bridgehead atoms. The lowest BCUT2D eigenvalue weighted by Crippen LogP contribution is -2.46. The maximum absolute atomic E-state index is 15.1. The molecule has 13 heteroatoms. The Morgan fingerprint density at radius 1 is 1.36 bits per heavy atom. The van der Waals surface area contributed by atoms with Gasteiger partial charge in [0.05, 0.1) is 34.8 Å². The van der Waals surface area contributed by atoms with E-state index in [1.807, 2.05) is 18.4 Å². The van der Waals surface area contributed by atoms with Gasteiger partial charge >= 0.3 is 0 Å². The van der Waals surface area contributed by atoms with E-state index < -0.39 is 21.9 Å². The summed E-state index contributed by atoms with van der Waals surface area (Å²) in [5.41, 5.74) is 1.57. The predicted octanol–water partition coefficient (Wildman–Crippen LogP) is 3.36. The van der Waals surface area contributed by atoms with Crippen molar-refractivity contribution >= 4 is 44.8 Å². The van der Waals surface area contributed by atoms with Crippen LogP contribution in [0.1, 0.15) is 32.1 Å². The van der Waals surface area contributed by atoms with Crippen LogP contribution in [-0.4, -0.2) is 76.1 Å². The summed E-state index contributed by atoms with van der Waals surface area (Å²) >= 11 is 6.38. The molecular weight excluding hydrogens is 511 g/mol. The largest absolute Gasteiger partial charge is 0.391 e. The van der Waals surface area contributed by atoms with Crippen LogP contribution >= 0.6 is 11.6 Å². The van der Waals surface area contributed by atoms with Crippen molar-refractivity contribution in [2.75, 3.05) is 26.5 Å². The summed E-state index contributed by atoms with van der Waals surface area (Å²) in [4.78, 5) is 17.3. The number of hydrogen-bond donors (Lipinski definition) is 1. The van der Waals surface area contributed by atoms with Gasteiger partial charge in [0, 0.05) is 43.9 Å². The van der Waals surface area contributed by atoms with Crippen LogP contribution in [0.4, 0.5) is 10.3 Å². The van der Waals surface area contributed by atoms with Crippen LogP contribution in [0.15, 0.2) is 23.3 Å². The molecule has 194 valence electrons. The average molecular weight is 539 g/mol. The van der Waals surface area contributed by atoms with E-state index >= 15 is 4.39 Å². The van der Waals surface area contributed by atoms with E-state index in [4.69, 9.17) is 16.3 Å². The van der Waals surface area contributed by atoms with Gasteiger partial charge in [-0.05, 0) is 32.4 Å². The quantitative estimate of drug-likeness (QED) is 0.457. The molecule has 0 saturated carbocycles. The van der Waals surface area contributed by atoms with Gasteiger partial charge in [0.2, 0.25) is 16.0 Å². The smallest absolute Gasteiger partial charge is 0.249 e. The lowest BCUT2D eigenvalue weighted by molar-refractivity contribution is 0.0829. The van der Waals surface area contributed by atoms with Gasteiger partial charge in [-0.15, -0.1) is 0 Å². The van der Waals surface area contributed by atoms with Gasteiger partial charge in [0.1, 0.15) is 17.9 Å². The van der Waals surface area contributed by atoms with Crippen LogP contribution in [0, 0.1) is 11.7 Å². The molecule has 0 radical (unpaired) electrons. The molecule has 2 atom stereocenters.